The van der Waals surface area contributed by atoms with Crippen molar-refractivity contribution in [2.24, 2.45) is 0 Å². The number of amides is 3. The first kappa shape index (κ1) is 30.6. The van der Waals surface area contributed by atoms with Crippen LogP contribution >= 0.6 is 15.9 Å². The van der Waals surface area contributed by atoms with Crippen molar-refractivity contribution < 1.29 is 36.1 Å². The number of halogens is 2. The second-order valence-corrected chi connectivity index (χ2v) is 9.76. The van der Waals surface area contributed by atoms with Crippen molar-refractivity contribution in [3.63, 3.8) is 0 Å². The maximum Gasteiger partial charge on any atom is 0.411 e. The van der Waals surface area contributed by atoms with Crippen LogP contribution in [0.1, 0.15) is 23.7 Å². The molecule has 3 aromatic carbocycles. The number of nitrogens with zero attached hydrogens (tertiary/aromatic N) is 2. The summed E-state index contributed by atoms with van der Waals surface area (Å²) in [5.41, 5.74) is 1.71. The van der Waals surface area contributed by atoms with E-state index in [4.69, 9.17) is 4.74 Å². The van der Waals surface area contributed by atoms with E-state index in [1.807, 2.05) is 65.4 Å². The Balaban J connectivity index is 0.00000441. The Morgan fingerprint density at radius 1 is 0.950 bits per heavy atom. The highest BCUT2D eigenvalue weighted by Gasteiger charge is 2.23. The lowest BCUT2D eigenvalue weighted by Gasteiger charge is -2.22. The topological polar surface area (TPSA) is 91.6 Å². The number of hydrogen-bond donors (Lipinski definition) is 2. The highest BCUT2D eigenvalue weighted by Crippen LogP contribution is 2.23. The van der Waals surface area contributed by atoms with Gasteiger partial charge in [0.2, 0.25) is 5.91 Å². The van der Waals surface area contributed by atoms with Crippen molar-refractivity contribution in [3.8, 4) is 0 Å². The number of para-hydroxylation sites is 1. The van der Waals surface area contributed by atoms with Gasteiger partial charge in [-0.15, -0.1) is 0 Å². The zero-order valence-corrected chi connectivity index (χ0v) is 24.3. The number of benzene rings is 3. The molecule has 0 saturated carbocycles. The molecule has 1 aromatic heterocycles. The van der Waals surface area contributed by atoms with Crippen LogP contribution in [0.3, 0.4) is 0 Å². The predicted octanol–water partition coefficient (Wildman–Crippen LogP) is 2.32. The van der Waals surface area contributed by atoms with E-state index in [0.29, 0.717) is 16.9 Å². The van der Waals surface area contributed by atoms with Crippen molar-refractivity contribution in [2.45, 2.75) is 19.9 Å². The lowest BCUT2D eigenvalue weighted by Crippen LogP contribution is -3.00. The fourth-order valence-corrected chi connectivity index (χ4v) is 4.67. The van der Waals surface area contributed by atoms with Crippen molar-refractivity contribution in [1.29, 1.82) is 0 Å². The standard InChI is InChI=1S/C30H29BrN4O4.ClH/c1-2-16-34-19-23(18-24(31)20-34)29(37)35(25-11-4-3-5-12-25)21-28(36)32-15-17-39-30(38)33-27-14-8-10-22-9-6-7-13-26(22)27;/h3-14,18-20H,2,15-17,21H2,1H3,(H-,32,33,36,38);1H. The van der Waals surface area contributed by atoms with Crippen LogP contribution in [0.5, 0.6) is 0 Å². The van der Waals surface area contributed by atoms with E-state index in [0.717, 1.165) is 28.2 Å². The highest BCUT2D eigenvalue weighted by atomic mass is 79.9. The van der Waals surface area contributed by atoms with Gasteiger partial charge in [0.25, 0.3) is 5.91 Å². The largest absolute Gasteiger partial charge is 1.00 e. The predicted molar refractivity (Wildman–Crippen MR) is 155 cm³/mol. The maximum atomic E-state index is 13.5. The zero-order valence-electron chi connectivity index (χ0n) is 22.0. The Morgan fingerprint density at radius 2 is 1.68 bits per heavy atom. The van der Waals surface area contributed by atoms with Crippen LogP contribution in [0, 0.1) is 0 Å². The van der Waals surface area contributed by atoms with Crippen LogP contribution in [0.25, 0.3) is 10.8 Å². The van der Waals surface area contributed by atoms with Gasteiger partial charge in [0.05, 0.1) is 16.7 Å². The molecule has 0 aliphatic rings. The van der Waals surface area contributed by atoms with Crippen LogP contribution in [0.2, 0.25) is 0 Å². The fourth-order valence-electron chi connectivity index (χ4n) is 4.16. The summed E-state index contributed by atoms with van der Waals surface area (Å²) in [4.78, 5) is 40.1. The molecule has 0 unspecified atom stereocenters. The molecule has 3 amide bonds. The van der Waals surface area contributed by atoms with Gasteiger partial charge in [-0.05, 0) is 45.6 Å². The molecular weight excluding hydrogens is 596 g/mol. The maximum absolute atomic E-state index is 13.5. The number of aromatic nitrogens is 1. The SMILES string of the molecule is CCC[n+]1cc(Br)cc(C(=O)N(CC(=O)NCCOC(=O)Nc2cccc3ccccc23)c2ccccc2)c1.[Cl-]. The zero-order chi connectivity index (χ0) is 27.6. The van der Waals surface area contributed by atoms with Crippen molar-refractivity contribution in [2.75, 3.05) is 29.9 Å². The number of carbonyl (C=O) groups excluding carboxylic acids is 3. The van der Waals surface area contributed by atoms with E-state index in [1.165, 1.54) is 4.90 Å². The molecule has 0 atom stereocenters. The van der Waals surface area contributed by atoms with E-state index in [2.05, 4.69) is 33.5 Å². The molecule has 8 nitrogen and oxygen atoms in total. The number of rotatable bonds is 10. The highest BCUT2D eigenvalue weighted by molar-refractivity contribution is 9.10. The van der Waals surface area contributed by atoms with Gasteiger partial charge in [-0.1, -0.05) is 61.5 Å². The van der Waals surface area contributed by atoms with Gasteiger partial charge in [0, 0.05) is 17.5 Å². The number of carbonyl (C=O) groups is 3. The second-order valence-electron chi connectivity index (χ2n) is 8.85. The van der Waals surface area contributed by atoms with Crippen molar-refractivity contribution in [1.82, 2.24) is 5.32 Å². The fraction of sp³-hybridized carbons (Fsp3) is 0.200. The number of hydrogen-bond acceptors (Lipinski definition) is 4. The molecule has 2 N–H and O–H groups in total. The minimum absolute atomic E-state index is 0. The molecule has 0 aliphatic heterocycles. The molecule has 0 radical (unpaired) electrons. The van der Waals surface area contributed by atoms with Gasteiger partial charge in [-0.3, -0.25) is 19.8 Å². The van der Waals surface area contributed by atoms with Gasteiger partial charge in [0.1, 0.15) is 25.3 Å². The summed E-state index contributed by atoms with van der Waals surface area (Å²) in [7, 11) is 0. The lowest BCUT2D eigenvalue weighted by atomic mass is 10.1. The normalized spacial score (nSPS) is 10.3. The molecule has 0 saturated heterocycles. The van der Waals surface area contributed by atoms with Crippen LogP contribution in [0.15, 0.2) is 95.7 Å². The number of pyridine rings is 1. The molecule has 40 heavy (non-hydrogen) atoms. The Bertz CT molecular complexity index is 1460. The third-order valence-corrected chi connectivity index (χ3v) is 6.35. The first-order valence-corrected chi connectivity index (χ1v) is 13.5. The lowest BCUT2D eigenvalue weighted by molar-refractivity contribution is -0.697. The number of nitrogens with one attached hydrogen (secondary N) is 2. The number of anilines is 2. The van der Waals surface area contributed by atoms with Gasteiger partial charge >= 0.3 is 6.09 Å². The number of fused-ring (bicyclic) bond motifs is 1. The summed E-state index contributed by atoms with van der Waals surface area (Å²) in [6.45, 7) is 2.72. The van der Waals surface area contributed by atoms with Crippen LogP contribution in [0.4, 0.5) is 16.2 Å². The first-order chi connectivity index (χ1) is 18.9. The molecule has 10 heteroatoms. The minimum atomic E-state index is -0.614. The molecule has 4 rings (SSSR count). The van der Waals surface area contributed by atoms with Crippen LogP contribution in [-0.2, 0) is 16.1 Å². The van der Waals surface area contributed by atoms with Gasteiger partial charge in [-0.2, -0.15) is 0 Å². The summed E-state index contributed by atoms with van der Waals surface area (Å²) >= 11 is 3.48. The summed E-state index contributed by atoms with van der Waals surface area (Å²) in [5, 5.41) is 7.38. The van der Waals surface area contributed by atoms with Gasteiger partial charge in [0.15, 0.2) is 12.4 Å². The average Bonchev–Trinajstić information content (AvgIpc) is 2.94. The van der Waals surface area contributed by atoms with Crippen molar-refractivity contribution in [3.05, 3.63) is 101 Å². The summed E-state index contributed by atoms with van der Waals surface area (Å²) < 4.78 is 7.97. The quantitative estimate of drug-likeness (QED) is 0.209. The molecule has 0 aliphatic carbocycles. The summed E-state index contributed by atoms with van der Waals surface area (Å²) in [6, 6.07) is 24.1. The van der Waals surface area contributed by atoms with E-state index in [9.17, 15) is 14.4 Å². The molecule has 0 spiro atoms. The molecule has 0 bridgehead atoms. The molecule has 4 aromatic rings. The van der Waals surface area contributed by atoms with E-state index >= 15 is 0 Å². The Kier molecular flexibility index (Phi) is 11.5. The van der Waals surface area contributed by atoms with Crippen LogP contribution < -0.4 is 32.5 Å². The van der Waals surface area contributed by atoms with E-state index < -0.39 is 6.09 Å². The Hall–Kier alpha value is -3.95. The van der Waals surface area contributed by atoms with Gasteiger partial charge in [-0.25, -0.2) is 9.36 Å². The number of ether oxygens (including phenoxy) is 1. The monoisotopic (exact) mass is 624 g/mol. The first-order valence-electron chi connectivity index (χ1n) is 12.7. The Labute approximate surface area is 247 Å². The smallest absolute Gasteiger partial charge is 0.411 e. The Morgan fingerprint density at radius 3 is 2.45 bits per heavy atom. The number of aryl methyl sites for hydroxylation is 1. The second kappa shape index (κ2) is 15.0. The van der Waals surface area contributed by atoms with E-state index in [1.54, 1.807) is 30.5 Å². The molecular formula is C30H30BrClN4O4. The summed E-state index contributed by atoms with van der Waals surface area (Å²) in [5.74, 6) is -0.671. The molecule has 208 valence electrons. The molecule has 1 heterocycles. The third kappa shape index (κ3) is 8.27. The summed E-state index contributed by atoms with van der Waals surface area (Å²) in [6.07, 6.45) is 4.00. The minimum Gasteiger partial charge on any atom is -1.00 e. The van der Waals surface area contributed by atoms with Crippen LogP contribution in [-0.4, -0.2) is 37.6 Å². The van der Waals surface area contributed by atoms with Gasteiger partial charge < -0.3 is 22.5 Å². The van der Waals surface area contributed by atoms with Crippen molar-refractivity contribution >= 4 is 56.0 Å². The average molecular weight is 626 g/mol. The van der Waals surface area contributed by atoms with E-state index in [-0.39, 0.29) is 43.9 Å². The third-order valence-electron chi connectivity index (χ3n) is 5.91. The molecule has 0 fully saturated rings.